The van der Waals surface area contributed by atoms with E-state index < -0.39 is 8.07 Å². The van der Waals surface area contributed by atoms with Crippen LogP contribution in [0.15, 0.2) is 18.6 Å². The third-order valence-electron chi connectivity index (χ3n) is 2.98. The molecule has 0 aliphatic heterocycles. The summed E-state index contributed by atoms with van der Waals surface area (Å²) in [5.74, 6) is 0. The molecule has 0 saturated heterocycles. The van der Waals surface area contributed by atoms with Crippen LogP contribution in [-0.4, -0.2) is 35.8 Å². The normalized spacial score (nSPS) is 12.2. The largest absolute Gasteiger partial charge is 0.380 e. The number of hydrogen-bond donors (Lipinski definition) is 0. The molecule has 0 N–H and O–H groups in total. The Morgan fingerprint density at radius 2 is 2.05 bits per heavy atom. The van der Waals surface area contributed by atoms with Crippen LogP contribution >= 0.6 is 11.6 Å². The summed E-state index contributed by atoms with van der Waals surface area (Å²) in [6.45, 7) is 9.42. The highest BCUT2D eigenvalue weighted by Gasteiger charge is 2.12. The number of halogens is 1. The van der Waals surface area contributed by atoms with E-state index in [1.54, 1.807) is 0 Å². The van der Waals surface area contributed by atoms with Crippen molar-refractivity contribution in [1.29, 1.82) is 0 Å². The van der Waals surface area contributed by atoms with Crippen LogP contribution in [0.1, 0.15) is 0 Å². The Hall–Kier alpha value is -0.913. The van der Waals surface area contributed by atoms with Crippen molar-refractivity contribution >= 4 is 30.7 Å². The highest BCUT2D eigenvalue weighted by Crippen LogP contribution is 2.19. The summed E-state index contributed by atoms with van der Waals surface area (Å²) in [6.07, 6.45) is 3.47. The minimum absolute atomic E-state index is 0.503. The van der Waals surface area contributed by atoms with Crippen molar-refractivity contribution in [2.45, 2.75) is 32.2 Å². The second-order valence-corrected chi connectivity index (χ2v) is 11.8. The highest BCUT2D eigenvalue weighted by molar-refractivity contribution is 6.76. The van der Waals surface area contributed by atoms with Gasteiger partial charge in [-0.05, 0) is 12.1 Å². The maximum Gasteiger partial charge on any atom is 0.144 e. The maximum atomic E-state index is 6.01. The SMILES string of the molecule is C[Si](C)(C)CCOCCn1ccc2c(Cl)ncnc21. The lowest BCUT2D eigenvalue weighted by atomic mass is 10.4. The van der Waals surface area contributed by atoms with Crippen LogP contribution in [0.5, 0.6) is 0 Å². The van der Waals surface area contributed by atoms with E-state index in [9.17, 15) is 0 Å². The quantitative estimate of drug-likeness (QED) is 0.466. The molecule has 0 aliphatic carbocycles. The first kappa shape index (κ1) is 14.5. The molecule has 2 aromatic heterocycles. The molecule has 0 amide bonds. The predicted octanol–water partition coefficient (Wildman–Crippen LogP) is 3.44. The van der Waals surface area contributed by atoms with Crippen LogP contribution in [0.3, 0.4) is 0 Å². The van der Waals surface area contributed by atoms with Gasteiger partial charge in [-0.15, -0.1) is 0 Å². The van der Waals surface area contributed by atoms with Crippen LogP contribution in [0, 0.1) is 0 Å². The molecule has 104 valence electrons. The van der Waals surface area contributed by atoms with E-state index >= 15 is 0 Å². The van der Waals surface area contributed by atoms with Crippen LogP contribution in [-0.2, 0) is 11.3 Å². The fraction of sp³-hybridized carbons (Fsp3) is 0.538. The minimum Gasteiger partial charge on any atom is -0.380 e. The molecular formula is C13H20ClN3OSi. The number of fused-ring (bicyclic) bond motifs is 1. The Kier molecular flexibility index (Phi) is 4.60. The van der Waals surface area contributed by atoms with Crippen molar-refractivity contribution in [3.8, 4) is 0 Å². The molecule has 0 unspecified atom stereocenters. The second-order valence-electron chi connectivity index (χ2n) is 5.83. The Bertz CT molecular complexity index is 550. The zero-order valence-electron chi connectivity index (χ0n) is 11.7. The number of hydrogen-bond acceptors (Lipinski definition) is 3. The average Bonchev–Trinajstić information content (AvgIpc) is 2.72. The molecular weight excluding hydrogens is 278 g/mol. The van der Waals surface area contributed by atoms with Crippen molar-refractivity contribution in [3.05, 3.63) is 23.7 Å². The van der Waals surface area contributed by atoms with Crippen LogP contribution in [0.4, 0.5) is 0 Å². The van der Waals surface area contributed by atoms with Gasteiger partial charge in [0.15, 0.2) is 0 Å². The van der Waals surface area contributed by atoms with Crippen molar-refractivity contribution < 1.29 is 4.74 Å². The number of rotatable bonds is 6. The van der Waals surface area contributed by atoms with Gasteiger partial charge in [-0.25, -0.2) is 9.97 Å². The van der Waals surface area contributed by atoms with Gasteiger partial charge in [0.25, 0.3) is 0 Å². The van der Waals surface area contributed by atoms with Gasteiger partial charge < -0.3 is 9.30 Å². The molecule has 2 aromatic rings. The van der Waals surface area contributed by atoms with Gasteiger partial charge in [0.1, 0.15) is 17.1 Å². The maximum absolute atomic E-state index is 6.01. The smallest absolute Gasteiger partial charge is 0.144 e. The van der Waals surface area contributed by atoms with Crippen LogP contribution in [0.25, 0.3) is 11.0 Å². The molecule has 0 aliphatic rings. The van der Waals surface area contributed by atoms with Crippen molar-refractivity contribution in [1.82, 2.24) is 14.5 Å². The van der Waals surface area contributed by atoms with Crippen LogP contribution in [0.2, 0.25) is 30.8 Å². The second kappa shape index (κ2) is 6.03. The molecule has 0 bridgehead atoms. The van der Waals surface area contributed by atoms with Gasteiger partial charge in [0.05, 0.1) is 12.0 Å². The molecule has 0 saturated carbocycles. The predicted molar refractivity (Wildman–Crippen MR) is 81.5 cm³/mol. The summed E-state index contributed by atoms with van der Waals surface area (Å²) < 4.78 is 7.75. The van der Waals surface area contributed by atoms with E-state index in [0.717, 1.165) is 24.2 Å². The van der Waals surface area contributed by atoms with E-state index in [1.807, 2.05) is 12.3 Å². The molecule has 0 aromatic carbocycles. The van der Waals surface area contributed by atoms with Crippen molar-refractivity contribution in [2.75, 3.05) is 13.2 Å². The molecule has 19 heavy (non-hydrogen) atoms. The summed E-state index contributed by atoms with van der Waals surface area (Å²) in [5.41, 5.74) is 0.869. The van der Waals surface area contributed by atoms with E-state index in [0.29, 0.717) is 11.8 Å². The summed E-state index contributed by atoms with van der Waals surface area (Å²) in [5, 5.41) is 1.40. The first-order valence-corrected chi connectivity index (χ1v) is 10.6. The molecule has 0 fully saturated rings. The number of nitrogens with zero attached hydrogens (tertiary/aromatic N) is 3. The summed E-state index contributed by atoms with van der Waals surface area (Å²) in [4.78, 5) is 8.23. The van der Waals surface area contributed by atoms with Gasteiger partial charge in [0, 0.05) is 27.4 Å². The summed E-state index contributed by atoms with van der Waals surface area (Å²) in [6, 6.07) is 3.15. The molecule has 2 heterocycles. The summed E-state index contributed by atoms with van der Waals surface area (Å²) >= 11 is 6.01. The zero-order valence-corrected chi connectivity index (χ0v) is 13.4. The van der Waals surface area contributed by atoms with E-state index in [-0.39, 0.29) is 0 Å². The van der Waals surface area contributed by atoms with Gasteiger partial charge in [-0.3, -0.25) is 0 Å². The fourth-order valence-electron chi connectivity index (χ4n) is 1.80. The monoisotopic (exact) mass is 297 g/mol. The van der Waals surface area contributed by atoms with Gasteiger partial charge in [-0.2, -0.15) is 0 Å². The average molecular weight is 298 g/mol. The lowest BCUT2D eigenvalue weighted by molar-refractivity contribution is 0.139. The standard InChI is InChI=1S/C13H20ClN3OSi/c1-19(2,3)9-8-18-7-6-17-5-4-11-12(14)15-10-16-13(11)17/h4-5,10H,6-9H2,1-3H3. The third kappa shape index (κ3) is 4.02. The molecule has 4 nitrogen and oxygen atoms in total. The fourth-order valence-corrected chi connectivity index (χ4v) is 2.74. The minimum atomic E-state index is -0.994. The van der Waals surface area contributed by atoms with Crippen molar-refractivity contribution in [3.63, 3.8) is 0 Å². The topological polar surface area (TPSA) is 39.9 Å². The zero-order chi connectivity index (χ0) is 13.9. The van der Waals surface area contributed by atoms with Gasteiger partial charge in [-0.1, -0.05) is 31.2 Å². The first-order chi connectivity index (χ1) is 8.97. The number of aromatic nitrogens is 3. The Labute approximate surface area is 119 Å². The van der Waals surface area contributed by atoms with Gasteiger partial charge in [0.2, 0.25) is 0 Å². The van der Waals surface area contributed by atoms with Gasteiger partial charge >= 0.3 is 0 Å². The van der Waals surface area contributed by atoms with Crippen molar-refractivity contribution in [2.24, 2.45) is 0 Å². The molecule has 0 radical (unpaired) electrons. The number of ether oxygens (including phenoxy) is 1. The van der Waals surface area contributed by atoms with E-state index in [1.165, 1.54) is 12.4 Å². The Balaban J connectivity index is 1.87. The third-order valence-corrected chi connectivity index (χ3v) is 4.99. The molecule has 0 spiro atoms. The first-order valence-electron chi connectivity index (χ1n) is 6.50. The van der Waals surface area contributed by atoms with Crippen LogP contribution < -0.4 is 0 Å². The van der Waals surface area contributed by atoms with E-state index in [4.69, 9.17) is 16.3 Å². The molecule has 2 rings (SSSR count). The van der Waals surface area contributed by atoms with E-state index in [2.05, 4.69) is 34.2 Å². The molecule has 0 atom stereocenters. The summed E-state index contributed by atoms with van der Waals surface area (Å²) in [7, 11) is -0.994. The highest BCUT2D eigenvalue weighted by atomic mass is 35.5. The molecule has 6 heteroatoms. The Morgan fingerprint density at radius 3 is 2.79 bits per heavy atom. The Morgan fingerprint density at radius 1 is 1.26 bits per heavy atom. The lowest BCUT2D eigenvalue weighted by Crippen LogP contribution is -2.22. The lowest BCUT2D eigenvalue weighted by Gasteiger charge is -2.15.